The van der Waals surface area contributed by atoms with Gasteiger partial charge in [-0.25, -0.2) is 14.3 Å². The monoisotopic (exact) mass is 183 g/mol. The molecule has 6 N–H and O–H groups in total. The Morgan fingerprint density at radius 2 is 1.92 bits per heavy atom. The number of carbonyl (C=O) groups excluding carboxylic acids is 2. The van der Waals surface area contributed by atoms with Crippen LogP contribution in [0.3, 0.4) is 0 Å². The highest BCUT2D eigenvalue weighted by molar-refractivity contribution is 5.97. The van der Waals surface area contributed by atoms with Crippen LogP contribution in [-0.4, -0.2) is 21.5 Å². The molecule has 1 aromatic rings. The van der Waals surface area contributed by atoms with E-state index in [1.807, 2.05) is 0 Å². The first kappa shape index (κ1) is 9.04. The Hall–Kier alpha value is -2.05. The average Bonchev–Trinajstić information content (AvgIpc) is 2.26. The van der Waals surface area contributed by atoms with E-state index < -0.39 is 11.9 Å². The summed E-state index contributed by atoms with van der Waals surface area (Å²) in [7, 11) is 0. The normalized spacial score (nSPS) is 9.92. The maximum absolute atomic E-state index is 10.8. The number of nitrogen functional groups attached to an aromatic ring is 1. The number of amides is 2. The first-order valence-electron chi connectivity index (χ1n) is 3.39. The fourth-order valence-corrected chi connectivity index (χ4v) is 1.01. The van der Waals surface area contributed by atoms with E-state index in [2.05, 4.69) is 4.98 Å². The molecule has 0 aliphatic carbocycles. The van der Waals surface area contributed by atoms with E-state index in [0.717, 1.165) is 4.57 Å². The topological polar surface area (TPSA) is 130 Å². The van der Waals surface area contributed by atoms with Gasteiger partial charge < -0.3 is 17.2 Å². The van der Waals surface area contributed by atoms with Crippen molar-refractivity contribution in [2.75, 3.05) is 5.73 Å². The maximum Gasteiger partial charge on any atom is 0.326 e. The number of aryl methyl sites for hydroxylation is 1. The van der Waals surface area contributed by atoms with Gasteiger partial charge in [-0.15, -0.1) is 0 Å². The predicted molar refractivity (Wildman–Crippen MR) is 44.9 cm³/mol. The number of aromatic nitrogens is 2. The smallest absolute Gasteiger partial charge is 0.326 e. The molecule has 0 saturated heterocycles. The van der Waals surface area contributed by atoms with Gasteiger partial charge in [0, 0.05) is 0 Å². The highest BCUT2D eigenvalue weighted by Crippen LogP contribution is 2.12. The third-order valence-electron chi connectivity index (χ3n) is 1.53. The zero-order valence-corrected chi connectivity index (χ0v) is 6.94. The van der Waals surface area contributed by atoms with Gasteiger partial charge >= 0.3 is 6.03 Å². The van der Waals surface area contributed by atoms with Gasteiger partial charge in [0.2, 0.25) is 0 Å². The largest absolute Gasteiger partial charge is 0.383 e. The van der Waals surface area contributed by atoms with E-state index in [1.54, 1.807) is 0 Å². The second-order valence-corrected chi connectivity index (χ2v) is 2.43. The van der Waals surface area contributed by atoms with Crippen molar-refractivity contribution in [3.8, 4) is 0 Å². The zero-order chi connectivity index (χ0) is 10.2. The van der Waals surface area contributed by atoms with E-state index in [0.29, 0.717) is 0 Å². The van der Waals surface area contributed by atoms with Gasteiger partial charge in [-0.3, -0.25) is 4.79 Å². The van der Waals surface area contributed by atoms with Crippen molar-refractivity contribution in [3.63, 3.8) is 0 Å². The summed E-state index contributed by atoms with van der Waals surface area (Å²) in [5.41, 5.74) is 15.2. The SMILES string of the molecule is Cc1nc(C(N)=O)c(N)n1C(N)=O. The van der Waals surface area contributed by atoms with Crippen LogP contribution in [0.2, 0.25) is 0 Å². The van der Waals surface area contributed by atoms with Crippen LogP contribution in [0, 0.1) is 6.92 Å². The lowest BCUT2D eigenvalue weighted by molar-refractivity contribution is 0.0997. The molecule has 1 rings (SSSR count). The molecule has 2 amide bonds. The molecule has 0 bridgehead atoms. The Kier molecular flexibility index (Phi) is 1.93. The Morgan fingerprint density at radius 1 is 1.38 bits per heavy atom. The molecule has 0 aromatic carbocycles. The van der Waals surface area contributed by atoms with E-state index in [4.69, 9.17) is 17.2 Å². The Bertz CT molecular complexity index is 381. The van der Waals surface area contributed by atoms with E-state index in [-0.39, 0.29) is 17.3 Å². The summed E-state index contributed by atoms with van der Waals surface area (Å²) in [4.78, 5) is 25.2. The van der Waals surface area contributed by atoms with Crippen molar-refractivity contribution in [1.82, 2.24) is 9.55 Å². The predicted octanol–water partition coefficient (Wildman–Crippen LogP) is -1.20. The van der Waals surface area contributed by atoms with Crippen LogP contribution >= 0.6 is 0 Å². The van der Waals surface area contributed by atoms with Crippen LogP contribution < -0.4 is 17.2 Å². The summed E-state index contributed by atoms with van der Waals surface area (Å²) in [5, 5.41) is 0. The van der Waals surface area contributed by atoms with Crippen LogP contribution in [0.5, 0.6) is 0 Å². The van der Waals surface area contributed by atoms with E-state index in [9.17, 15) is 9.59 Å². The van der Waals surface area contributed by atoms with Crippen molar-refractivity contribution in [2.45, 2.75) is 6.92 Å². The minimum Gasteiger partial charge on any atom is -0.383 e. The molecule has 0 spiro atoms. The van der Waals surface area contributed by atoms with Crippen LogP contribution in [0.15, 0.2) is 0 Å². The lowest BCUT2D eigenvalue weighted by Crippen LogP contribution is -2.23. The lowest BCUT2D eigenvalue weighted by atomic mass is 10.4. The summed E-state index contributed by atoms with van der Waals surface area (Å²) >= 11 is 0. The molecule has 1 aromatic heterocycles. The van der Waals surface area contributed by atoms with Crippen molar-refractivity contribution in [1.29, 1.82) is 0 Å². The molecule has 0 saturated carbocycles. The summed E-state index contributed by atoms with van der Waals surface area (Å²) in [5.74, 6) is -0.683. The maximum atomic E-state index is 10.8. The van der Waals surface area contributed by atoms with Crippen LogP contribution in [-0.2, 0) is 0 Å². The van der Waals surface area contributed by atoms with Gasteiger partial charge in [-0.1, -0.05) is 0 Å². The first-order chi connectivity index (χ1) is 5.95. The van der Waals surface area contributed by atoms with Crippen molar-refractivity contribution < 1.29 is 9.59 Å². The summed E-state index contributed by atoms with van der Waals surface area (Å²) in [6, 6.07) is -0.796. The van der Waals surface area contributed by atoms with Crippen LogP contribution in [0.1, 0.15) is 16.3 Å². The molecular formula is C6H9N5O2. The minimum absolute atomic E-state index is 0.127. The number of nitrogens with two attached hydrogens (primary N) is 3. The number of hydrogen-bond acceptors (Lipinski definition) is 4. The minimum atomic E-state index is -0.796. The van der Waals surface area contributed by atoms with Gasteiger partial charge in [0.25, 0.3) is 5.91 Å². The van der Waals surface area contributed by atoms with Crippen molar-refractivity contribution >= 4 is 17.8 Å². The average molecular weight is 183 g/mol. The summed E-state index contributed by atoms with van der Waals surface area (Å²) in [6.07, 6.45) is 0. The third kappa shape index (κ3) is 1.31. The molecule has 0 unspecified atom stereocenters. The van der Waals surface area contributed by atoms with Gasteiger partial charge in [0.05, 0.1) is 0 Å². The molecule has 0 atom stereocenters. The molecule has 0 aliphatic rings. The van der Waals surface area contributed by atoms with Gasteiger partial charge in [0.15, 0.2) is 5.69 Å². The Morgan fingerprint density at radius 3 is 2.15 bits per heavy atom. The molecule has 13 heavy (non-hydrogen) atoms. The lowest BCUT2D eigenvalue weighted by Gasteiger charge is -1.99. The number of rotatable bonds is 1. The van der Waals surface area contributed by atoms with Gasteiger partial charge in [-0.05, 0) is 6.92 Å². The second kappa shape index (κ2) is 2.77. The molecule has 70 valence electrons. The Labute approximate surface area is 73.5 Å². The molecule has 0 fully saturated rings. The fourth-order valence-electron chi connectivity index (χ4n) is 1.01. The fraction of sp³-hybridized carbons (Fsp3) is 0.167. The van der Waals surface area contributed by atoms with Crippen LogP contribution in [0.4, 0.5) is 10.6 Å². The van der Waals surface area contributed by atoms with Crippen LogP contribution in [0.25, 0.3) is 0 Å². The first-order valence-corrected chi connectivity index (χ1v) is 3.39. The number of primary amides is 2. The quantitative estimate of drug-likeness (QED) is 0.504. The van der Waals surface area contributed by atoms with Crippen molar-refractivity contribution in [3.05, 3.63) is 11.5 Å². The molecule has 7 heteroatoms. The number of anilines is 1. The van der Waals surface area contributed by atoms with Gasteiger partial charge in [-0.2, -0.15) is 0 Å². The number of hydrogen-bond donors (Lipinski definition) is 3. The molecule has 1 heterocycles. The van der Waals surface area contributed by atoms with Gasteiger partial charge in [0.1, 0.15) is 11.6 Å². The second-order valence-electron chi connectivity index (χ2n) is 2.43. The standard InChI is InChI=1S/C6H9N5O2/c1-2-10-3(5(8)12)4(7)11(2)6(9)13/h7H2,1H3,(H2,8,12)(H2,9,13). The number of carbonyl (C=O) groups is 2. The summed E-state index contributed by atoms with van der Waals surface area (Å²) in [6.45, 7) is 1.49. The molecule has 0 aliphatic heterocycles. The van der Waals surface area contributed by atoms with Crippen molar-refractivity contribution in [2.24, 2.45) is 11.5 Å². The van der Waals surface area contributed by atoms with E-state index >= 15 is 0 Å². The Balaban J connectivity index is 3.39. The highest BCUT2D eigenvalue weighted by Gasteiger charge is 2.18. The number of imidazole rings is 1. The molecule has 0 radical (unpaired) electrons. The summed E-state index contributed by atoms with van der Waals surface area (Å²) < 4.78 is 0.917. The number of nitrogens with zero attached hydrogens (tertiary/aromatic N) is 2. The molecular weight excluding hydrogens is 174 g/mol. The third-order valence-corrected chi connectivity index (χ3v) is 1.53. The molecule has 7 nitrogen and oxygen atoms in total. The zero-order valence-electron chi connectivity index (χ0n) is 6.94. The van der Waals surface area contributed by atoms with E-state index in [1.165, 1.54) is 6.92 Å². The highest BCUT2D eigenvalue weighted by atomic mass is 16.2.